The van der Waals surface area contributed by atoms with Crippen molar-refractivity contribution < 1.29 is 9.90 Å². The molecular formula is C21H21NO2S. The summed E-state index contributed by atoms with van der Waals surface area (Å²) in [5.74, 6) is 0.137. The molecule has 0 fully saturated rings. The first-order chi connectivity index (χ1) is 12.1. The van der Waals surface area contributed by atoms with E-state index in [2.05, 4.69) is 5.32 Å². The summed E-state index contributed by atoms with van der Waals surface area (Å²) in [4.78, 5) is 12.6. The van der Waals surface area contributed by atoms with Gasteiger partial charge in [-0.15, -0.1) is 0 Å². The molecule has 1 amide bonds. The maximum absolute atomic E-state index is 12.6. The number of rotatable bonds is 5. The van der Waals surface area contributed by atoms with Gasteiger partial charge in [0.1, 0.15) is 5.75 Å². The molecule has 4 heteroatoms. The Morgan fingerprint density at radius 1 is 1.00 bits per heavy atom. The summed E-state index contributed by atoms with van der Waals surface area (Å²) in [5.41, 5.74) is 1.67. The Labute approximate surface area is 152 Å². The van der Waals surface area contributed by atoms with Gasteiger partial charge < -0.3 is 10.4 Å². The molecule has 3 aromatic rings. The topological polar surface area (TPSA) is 49.3 Å². The molecule has 0 aliphatic carbocycles. The minimum absolute atomic E-state index is 0.0475. The van der Waals surface area contributed by atoms with Crippen molar-refractivity contribution in [3.8, 4) is 5.75 Å². The van der Waals surface area contributed by atoms with Crippen molar-refractivity contribution in [2.45, 2.75) is 18.2 Å². The molecule has 25 heavy (non-hydrogen) atoms. The molecule has 2 atom stereocenters. The third kappa shape index (κ3) is 3.64. The SMILES string of the molecule is CS[C@H](C)C(=O)N[C@H](c1ccccc1)c1c(O)ccc2ccccc12. The van der Waals surface area contributed by atoms with Crippen molar-refractivity contribution in [3.63, 3.8) is 0 Å². The zero-order valence-electron chi connectivity index (χ0n) is 14.3. The smallest absolute Gasteiger partial charge is 0.233 e. The van der Waals surface area contributed by atoms with Crippen molar-refractivity contribution in [1.29, 1.82) is 0 Å². The monoisotopic (exact) mass is 351 g/mol. The second kappa shape index (κ2) is 7.62. The molecule has 3 aromatic carbocycles. The number of amides is 1. The lowest BCUT2D eigenvalue weighted by Gasteiger charge is -2.24. The first-order valence-electron chi connectivity index (χ1n) is 8.20. The van der Waals surface area contributed by atoms with Crippen LogP contribution in [0, 0.1) is 0 Å². The van der Waals surface area contributed by atoms with E-state index in [4.69, 9.17) is 0 Å². The van der Waals surface area contributed by atoms with Gasteiger partial charge in [-0.25, -0.2) is 0 Å². The molecule has 3 rings (SSSR count). The maximum atomic E-state index is 12.6. The molecule has 0 bridgehead atoms. The minimum atomic E-state index is -0.408. The highest BCUT2D eigenvalue weighted by Gasteiger charge is 2.24. The number of thioether (sulfide) groups is 1. The third-order valence-corrected chi connectivity index (χ3v) is 5.30. The molecule has 3 nitrogen and oxygen atoms in total. The fourth-order valence-electron chi connectivity index (χ4n) is 2.92. The highest BCUT2D eigenvalue weighted by molar-refractivity contribution is 7.99. The Kier molecular flexibility index (Phi) is 5.29. The van der Waals surface area contributed by atoms with Crippen LogP contribution in [0.2, 0.25) is 0 Å². The van der Waals surface area contributed by atoms with Gasteiger partial charge in [-0.1, -0.05) is 60.7 Å². The summed E-state index contributed by atoms with van der Waals surface area (Å²) in [6, 6.07) is 20.8. The number of nitrogens with one attached hydrogen (secondary N) is 1. The van der Waals surface area contributed by atoms with Gasteiger partial charge in [-0.2, -0.15) is 11.8 Å². The van der Waals surface area contributed by atoms with Gasteiger partial charge in [0.05, 0.1) is 11.3 Å². The van der Waals surface area contributed by atoms with Crippen molar-refractivity contribution in [1.82, 2.24) is 5.32 Å². The second-order valence-electron chi connectivity index (χ2n) is 5.95. The molecule has 2 N–H and O–H groups in total. The van der Waals surface area contributed by atoms with Crippen molar-refractivity contribution in [2.24, 2.45) is 0 Å². The molecule has 128 valence electrons. The van der Waals surface area contributed by atoms with Crippen LogP contribution in [-0.4, -0.2) is 22.5 Å². The molecule has 0 heterocycles. The van der Waals surface area contributed by atoms with Crippen molar-refractivity contribution in [3.05, 3.63) is 77.9 Å². The maximum Gasteiger partial charge on any atom is 0.233 e. The molecular weight excluding hydrogens is 330 g/mol. The number of fused-ring (bicyclic) bond motifs is 1. The zero-order chi connectivity index (χ0) is 17.8. The van der Waals surface area contributed by atoms with Crippen LogP contribution in [0.15, 0.2) is 66.7 Å². The van der Waals surface area contributed by atoms with Gasteiger partial charge in [0, 0.05) is 5.56 Å². The van der Waals surface area contributed by atoms with E-state index < -0.39 is 6.04 Å². The lowest BCUT2D eigenvalue weighted by atomic mass is 9.92. The first-order valence-corrected chi connectivity index (χ1v) is 9.49. The van der Waals surface area contributed by atoms with E-state index in [9.17, 15) is 9.90 Å². The summed E-state index contributed by atoms with van der Waals surface area (Å²) in [6.45, 7) is 1.88. The van der Waals surface area contributed by atoms with Gasteiger partial charge in [0.15, 0.2) is 0 Å². The number of hydrogen-bond acceptors (Lipinski definition) is 3. The largest absolute Gasteiger partial charge is 0.508 e. The molecule has 0 aliphatic heterocycles. The molecule has 0 unspecified atom stereocenters. The summed E-state index contributed by atoms with van der Waals surface area (Å²) >= 11 is 1.50. The highest BCUT2D eigenvalue weighted by atomic mass is 32.2. The summed E-state index contributed by atoms with van der Waals surface area (Å²) in [7, 11) is 0. The molecule has 0 radical (unpaired) electrons. The fourth-order valence-corrected chi connectivity index (χ4v) is 3.20. The van der Waals surface area contributed by atoms with Crippen LogP contribution in [0.3, 0.4) is 0 Å². The van der Waals surface area contributed by atoms with Crippen LogP contribution in [0.1, 0.15) is 24.1 Å². The van der Waals surface area contributed by atoms with Crippen LogP contribution < -0.4 is 5.32 Å². The van der Waals surface area contributed by atoms with Crippen molar-refractivity contribution in [2.75, 3.05) is 6.26 Å². The zero-order valence-corrected chi connectivity index (χ0v) is 15.1. The number of phenols is 1. The van der Waals surface area contributed by atoms with Gasteiger partial charge >= 0.3 is 0 Å². The fraction of sp³-hybridized carbons (Fsp3) is 0.190. The van der Waals surface area contributed by atoms with E-state index in [-0.39, 0.29) is 16.9 Å². The standard InChI is InChI=1S/C21H21NO2S/c1-14(25-2)21(24)22-20(16-9-4-3-5-10-16)19-17-11-7-6-8-15(17)12-13-18(19)23/h3-14,20,23H,1-2H3,(H,22,24)/t14-,20-/m1/s1. The van der Waals surface area contributed by atoms with Gasteiger partial charge in [0.2, 0.25) is 5.91 Å². The van der Waals surface area contributed by atoms with Crippen LogP contribution >= 0.6 is 11.8 Å². The predicted molar refractivity (Wildman–Crippen MR) is 105 cm³/mol. The average Bonchev–Trinajstić information content (AvgIpc) is 2.66. The number of carbonyl (C=O) groups is 1. The Morgan fingerprint density at radius 3 is 2.40 bits per heavy atom. The number of hydrogen-bond donors (Lipinski definition) is 2. The third-order valence-electron chi connectivity index (χ3n) is 4.38. The lowest BCUT2D eigenvalue weighted by Crippen LogP contribution is -2.35. The van der Waals surface area contributed by atoms with E-state index in [0.717, 1.165) is 21.9 Å². The van der Waals surface area contributed by atoms with E-state index in [1.807, 2.05) is 73.8 Å². The molecule has 0 aromatic heterocycles. The predicted octanol–water partition coefficient (Wildman–Crippen LogP) is 4.50. The normalized spacial score (nSPS) is 13.4. The van der Waals surface area contributed by atoms with Crippen molar-refractivity contribution >= 4 is 28.4 Å². The summed E-state index contributed by atoms with van der Waals surface area (Å²) in [5, 5.41) is 15.5. The van der Waals surface area contributed by atoms with E-state index in [0.29, 0.717) is 0 Å². The van der Waals surface area contributed by atoms with Crippen LogP contribution in [0.4, 0.5) is 0 Å². The molecule has 0 saturated carbocycles. The second-order valence-corrected chi connectivity index (χ2v) is 7.13. The quantitative estimate of drug-likeness (QED) is 0.711. The van der Waals surface area contributed by atoms with E-state index in [1.54, 1.807) is 6.07 Å². The number of phenolic OH excluding ortho intramolecular Hbond substituents is 1. The lowest BCUT2D eigenvalue weighted by molar-refractivity contribution is -0.120. The van der Waals surface area contributed by atoms with E-state index >= 15 is 0 Å². The Bertz CT molecular complexity index is 879. The number of aromatic hydroxyl groups is 1. The van der Waals surface area contributed by atoms with Gasteiger partial charge in [-0.05, 0) is 35.6 Å². The molecule has 0 spiro atoms. The summed E-state index contributed by atoms with van der Waals surface area (Å²) in [6.07, 6.45) is 1.91. The minimum Gasteiger partial charge on any atom is -0.508 e. The van der Waals surface area contributed by atoms with Gasteiger partial charge in [0.25, 0.3) is 0 Å². The van der Waals surface area contributed by atoms with Gasteiger partial charge in [-0.3, -0.25) is 4.79 Å². The van der Waals surface area contributed by atoms with E-state index in [1.165, 1.54) is 11.8 Å². The van der Waals surface area contributed by atoms with Crippen LogP contribution in [-0.2, 0) is 4.79 Å². The summed E-state index contributed by atoms with van der Waals surface area (Å²) < 4.78 is 0. The first kappa shape index (κ1) is 17.4. The Hall–Kier alpha value is -2.46. The Morgan fingerprint density at radius 2 is 1.68 bits per heavy atom. The average molecular weight is 351 g/mol. The molecule has 0 aliphatic rings. The van der Waals surface area contributed by atoms with Crippen LogP contribution in [0.25, 0.3) is 10.8 Å². The number of carbonyl (C=O) groups excluding carboxylic acids is 1. The highest BCUT2D eigenvalue weighted by Crippen LogP contribution is 2.36. The number of benzene rings is 3. The Balaban J connectivity index is 2.15. The van der Waals surface area contributed by atoms with Crippen LogP contribution in [0.5, 0.6) is 5.75 Å². The molecule has 0 saturated heterocycles.